The van der Waals surface area contributed by atoms with Gasteiger partial charge in [0.2, 0.25) is 0 Å². The Hall–Kier alpha value is -1.28. The first kappa shape index (κ1) is 13.2. The third kappa shape index (κ3) is 2.75. The minimum absolute atomic E-state index is 0.0152. The van der Waals surface area contributed by atoms with E-state index in [0.717, 1.165) is 5.69 Å². The molecule has 1 N–H and O–H groups in total. The third-order valence-corrected chi connectivity index (χ3v) is 3.19. The molecule has 18 heavy (non-hydrogen) atoms. The summed E-state index contributed by atoms with van der Waals surface area (Å²) in [5.74, 6) is 0. The van der Waals surface area contributed by atoms with Crippen LogP contribution in [0.1, 0.15) is 12.5 Å². The molecule has 1 saturated heterocycles. The van der Waals surface area contributed by atoms with Crippen LogP contribution in [-0.2, 0) is 4.74 Å². The Balaban J connectivity index is 2.30. The Labute approximate surface area is 111 Å². The molecule has 0 bridgehead atoms. The highest BCUT2D eigenvalue weighted by Crippen LogP contribution is 2.27. The fourth-order valence-corrected chi connectivity index (χ4v) is 2.37. The van der Waals surface area contributed by atoms with Crippen molar-refractivity contribution in [3.63, 3.8) is 0 Å². The summed E-state index contributed by atoms with van der Waals surface area (Å²) in [5.41, 5.74) is 1.39. The minimum atomic E-state index is -0.223. The number of morpholine rings is 1. The Morgan fingerprint density at radius 2 is 2.33 bits per heavy atom. The van der Waals surface area contributed by atoms with Crippen LogP contribution in [0.5, 0.6) is 0 Å². The minimum Gasteiger partial charge on any atom is -0.394 e. The largest absolute Gasteiger partial charge is 0.394 e. The van der Waals surface area contributed by atoms with Gasteiger partial charge in [-0.1, -0.05) is 11.6 Å². The van der Waals surface area contributed by atoms with Gasteiger partial charge in [-0.05, 0) is 25.1 Å². The van der Waals surface area contributed by atoms with E-state index >= 15 is 0 Å². The number of nitriles is 1. The predicted octanol–water partition coefficient (Wildman–Crippen LogP) is 1.80. The van der Waals surface area contributed by atoms with Crippen molar-refractivity contribution in [3.05, 3.63) is 28.8 Å². The molecule has 2 rings (SSSR count). The van der Waals surface area contributed by atoms with Crippen LogP contribution in [0.3, 0.4) is 0 Å². The van der Waals surface area contributed by atoms with Crippen molar-refractivity contribution in [3.8, 4) is 6.07 Å². The van der Waals surface area contributed by atoms with Crippen molar-refractivity contribution in [1.82, 2.24) is 0 Å². The first-order valence-electron chi connectivity index (χ1n) is 5.85. The molecule has 0 aromatic heterocycles. The lowest BCUT2D eigenvalue weighted by Gasteiger charge is -2.37. The first-order valence-corrected chi connectivity index (χ1v) is 6.22. The van der Waals surface area contributed by atoms with Gasteiger partial charge in [0.1, 0.15) is 6.07 Å². The number of halogens is 1. The molecule has 1 aliphatic heterocycles. The van der Waals surface area contributed by atoms with E-state index in [0.29, 0.717) is 23.7 Å². The molecule has 1 heterocycles. The van der Waals surface area contributed by atoms with E-state index < -0.39 is 0 Å². The lowest BCUT2D eigenvalue weighted by atomic mass is 10.1. The fraction of sp³-hybridized carbons (Fsp3) is 0.462. The maximum atomic E-state index is 9.21. The van der Waals surface area contributed by atoms with Crippen LogP contribution in [0, 0.1) is 11.3 Å². The van der Waals surface area contributed by atoms with Crippen LogP contribution in [-0.4, -0.2) is 37.0 Å². The lowest BCUT2D eigenvalue weighted by molar-refractivity contribution is -0.0421. The number of aliphatic hydroxyl groups excluding tert-OH is 1. The number of hydrogen-bond donors (Lipinski definition) is 1. The molecule has 5 heteroatoms. The van der Waals surface area contributed by atoms with E-state index in [-0.39, 0.29) is 18.8 Å². The average molecular weight is 267 g/mol. The van der Waals surface area contributed by atoms with Gasteiger partial charge in [0.25, 0.3) is 0 Å². The number of aliphatic hydroxyl groups is 1. The van der Waals surface area contributed by atoms with Crippen molar-refractivity contribution < 1.29 is 9.84 Å². The second-order valence-electron chi connectivity index (χ2n) is 4.43. The van der Waals surface area contributed by atoms with Crippen molar-refractivity contribution >= 4 is 17.3 Å². The zero-order chi connectivity index (χ0) is 13.1. The standard InChI is InChI=1S/C13H15ClN2O2/c1-9-6-16(7-12(8-17)18-9)13-4-11(14)3-2-10(13)5-15/h2-4,9,12,17H,6-8H2,1H3. The Morgan fingerprint density at radius 1 is 1.56 bits per heavy atom. The lowest BCUT2D eigenvalue weighted by Crippen LogP contribution is -2.48. The van der Waals surface area contributed by atoms with Crippen molar-refractivity contribution in [2.24, 2.45) is 0 Å². The fourth-order valence-electron chi connectivity index (χ4n) is 2.20. The number of benzene rings is 1. The topological polar surface area (TPSA) is 56.5 Å². The Bertz CT molecular complexity index is 473. The Morgan fingerprint density at radius 3 is 3.00 bits per heavy atom. The monoisotopic (exact) mass is 266 g/mol. The van der Waals surface area contributed by atoms with Gasteiger partial charge in [0.15, 0.2) is 0 Å². The van der Waals surface area contributed by atoms with E-state index in [4.69, 9.17) is 21.6 Å². The van der Waals surface area contributed by atoms with E-state index in [1.807, 2.05) is 11.8 Å². The molecule has 0 radical (unpaired) electrons. The van der Waals surface area contributed by atoms with Gasteiger partial charge in [-0.2, -0.15) is 5.26 Å². The van der Waals surface area contributed by atoms with E-state index in [2.05, 4.69) is 6.07 Å². The van der Waals surface area contributed by atoms with Crippen LogP contribution in [0.2, 0.25) is 5.02 Å². The van der Waals surface area contributed by atoms with E-state index in [9.17, 15) is 5.11 Å². The van der Waals surface area contributed by atoms with Crippen LogP contribution < -0.4 is 4.90 Å². The molecule has 96 valence electrons. The van der Waals surface area contributed by atoms with Crippen LogP contribution in [0.25, 0.3) is 0 Å². The summed E-state index contributed by atoms with van der Waals surface area (Å²) < 4.78 is 5.58. The summed E-state index contributed by atoms with van der Waals surface area (Å²) in [6.45, 7) is 3.18. The summed E-state index contributed by atoms with van der Waals surface area (Å²) in [6, 6.07) is 7.37. The SMILES string of the molecule is CC1CN(c2cc(Cl)ccc2C#N)CC(CO)O1. The number of anilines is 1. The number of hydrogen-bond acceptors (Lipinski definition) is 4. The summed E-state index contributed by atoms with van der Waals surface area (Å²) in [7, 11) is 0. The van der Waals surface area contributed by atoms with Crippen LogP contribution in [0.15, 0.2) is 18.2 Å². The molecular weight excluding hydrogens is 252 g/mol. The predicted molar refractivity (Wildman–Crippen MR) is 69.8 cm³/mol. The third-order valence-electron chi connectivity index (χ3n) is 2.95. The molecule has 2 atom stereocenters. The molecule has 1 aromatic carbocycles. The van der Waals surface area contributed by atoms with Crippen molar-refractivity contribution in [2.45, 2.75) is 19.1 Å². The summed E-state index contributed by atoms with van der Waals surface area (Å²) in [5, 5.41) is 18.9. The summed E-state index contributed by atoms with van der Waals surface area (Å²) in [6.07, 6.45) is -0.208. The van der Waals surface area contributed by atoms with E-state index in [1.54, 1.807) is 18.2 Å². The van der Waals surface area contributed by atoms with E-state index in [1.165, 1.54) is 0 Å². The molecule has 0 saturated carbocycles. The molecule has 1 fully saturated rings. The zero-order valence-corrected chi connectivity index (χ0v) is 10.9. The molecule has 2 unspecified atom stereocenters. The highest BCUT2D eigenvalue weighted by atomic mass is 35.5. The Kier molecular flexibility index (Phi) is 4.07. The van der Waals surface area contributed by atoms with Crippen LogP contribution >= 0.6 is 11.6 Å². The van der Waals surface area contributed by atoms with Gasteiger partial charge in [-0.25, -0.2) is 0 Å². The van der Waals surface area contributed by atoms with Gasteiger partial charge in [-0.15, -0.1) is 0 Å². The molecule has 0 aliphatic carbocycles. The maximum absolute atomic E-state index is 9.21. The molecule has 1 aromatic rings. The normalized spacial score (nSPS) is 23.8. The number of nitrogens with zero attached hydrogens (tertiary/aromatic N) is 2. The number of ether oxygens (including phenoxy) is 1. The first-order chi connectivity index (χ1) is 8.63. The van der Waals surface area contributed by atoms with Gasteiger partial charge >= 0.3 is 0 Å². The molecule has 0 amide bonds. The zero-order valence-electron chi connectivity index (χ0n) is 10.1. The summed E-state index contributed by atoms with van der Waals surface area (Å²) in [4.78, 5) is 2.04. The highest BCUT2D eigenvalue weighted by molar-refractivity contribution is 6.30. The average Bonchev–Trinajstić information content (AvgIpc) is 2.38. The maximum Gasteiger partial charge on any atom is 0.101 e. The second-order valence-corrected chi connectivity index (χ2v) is 4.87. The van der Waals surface area contributed by atoms with Crippen molar-refractivity contribution in [2.75, 3.05) is 24.6 Å². The molecule has 4 nitrogen and oxygen atoms in total. The highest BCUT2D eigenvalue weighted by Gasteiger charge is 2.26. The summed E-state index contributed by atoms with van der Waals surface area (Å²) >= 11 is 5.98. The van der Waals surface area contributed by atoms with Gasteiger partial charge < -0.3 is 14.7 Å². The quantitative estimate of drug-likeness (QED) is 0.887. The molecule has 1 aliphatic rings. The van der Waals surface area contributed by atoms with Gasteiger partial charge in [0, 0.05) is 18.1 Å². The second kappa shape index (κ2) is 5.57. The smallest absolute Gasteiger partial charge is 0.101 e. The number of rotatable bonds is 2. The van der Waals surface area contributed by atoms with Gasteiger partial charge in [0.05, 0.1) is 30.1 Å². The molecule has 0 spiro atoms. The van der Waals surface area contributed by atoms with Crippen molar-refractivity contribution in [1.29, 1.82) is 5.26 Å². The van der Waals surface area contributed by atoms with Gasteiger partial charge in [-0.3, -0.25) is 0 Å². The molecular formula is C13H15ClN2O2. The van der Waals surface area contributed by atoms with Crippen LogP contribution in [0.4, 0.5) is 5.69 Å².